The van der Waals surface area contributed by atoms with Crippen LogP contribution in [-0.2, 0) is 20.9 Å². The smallest absolute Gasteiger partial charge is 0.407 e. The van der Waals surface area contributed by atoms with E-state index in [9.17, 15) is 19.5 Å². The minimum Gasteiger partial charge on any atom is -0.508 e. The van der Waals surface area contributed by atoms with E-state index in [2.05, 4.69) is 16.0 Å². The second kappa shape index (κ2) is 15.8. The standard InChI is InChI=1S/C35H37N3O5/c1-25(27-19-21-30(39)22-20-27)37-33(40)31(18-11-23-36-35(42)43-24-26-12-5-2-6-13-26)38-34(41)32(28-14-7-3-8-15-28)29-16-9-4-10-17-29/h2-10,12-17,19-22,25,31-32,39H,11,18,23-24H2,1H3,(H,36,42)(H,37,40)(H,38,41)/t25-,31-/m1/s1. The topological polar surface area (TPSA) is 117 Å². The Kier molecular flexibility index (Phi) is 11.3. The van der Waals surface area contributed by atoms with Crippen LogP contribution in [-0.4, -0.2) is 35.6 Å². The Morgan fingerprint density at radius 1 is 0.698 bits per heavy atom. The lowest BCUT2D eigenvalue weighted by molar-refractivity contribution is -0.129. The lowest BCUT2D eigenvalue weighted by atomic mass is 9.90. The van der Waals surface area contributed by atoms with Gasteiger partial charge in [-0.25, -0.2) is 4.79 Å². The number of amides is 3. The molecule has 0 aliphatic rings. The summed E-state index contributed by atoms with van der Waals surface area (Å²) in [6, 6.07) is 33.6. The summed E-state index contributed by atoms with van der Waals surface area (Å²) in [6.07, 6.45) is 0.158. The predicted molar refractivity (Wildman–Crippen MR) is 165 cm³/mol. The maximum atomic E-state index is 13.8. The van der Waals surface area contributed by atoms with Crippen molar-refractivity contribution in [1.29, 1.82) is 0 Å². The molecule has 0 bridgehead atoms. The van der Waals surface area contributed by atoms with E-state index in [1.54, 1.807) is 24.3 Å². The number of hydrogen-bond acceptors (Lipinski definition) is 5. The zero-order valence-electron chi connectivity index (χ0n) is 24.1. The van der Waals surface area contributed by atoms with Gasteiger partial charge in [-0.1, -0.05) is 103 Å². The number of carbonyl (C=O) groups is 3. The van der Waals surface area contributed by atoms with Crippen LogP contribution in [0.25, 0.3) is 0 Å². The van der Waals surface area contributed by atoms with E-state index in [-0.39, 0.29) is 43.2 Å². The van der Waals surface area contributed by atoms with Crippen molar-refractivity contribution in [3.05, 3.63) is 138 Å². The summed E-state index contributed by atoms with van der Waals surface area (Å²) < 4.78 is 5.27. The summed E-state index contributed by atoms with van der Waals surface area (Å²) >= 11 is 0. The van der Waals surface area contributed by atoms with Gasteiger partial charge in [-0.05, 0) is 54.2 Å². The van der Waals surface area contributed by atoms with E-state index in [1.807, 2.05) is 97.9 Å². The zero-order valence-corrected chi connectivity index (χ0v) is 24.1. The first-order valence-electron chi connectivity index (χ1n) is 14.3. The van der Waals surface area contributed by atoms with Gasteiger partial charge in [-0.2, -0.15) is 0 Å². The Morgan fingerprint density at radius 3 is 1.84 bits per heavy atom. The van der Waals surface area contributed by atoms with Crippen LogP contribution in [0.15, 0.2) is 115 Å². The molecule has 3 amide bonds. The maximum Gasteiger partial charge on any atom is 0.407 e. The largest absolute Gasteiger partial charge is 0.508 e. The maximum absolute atomic E-state index is 13.8. The molecule has 0 fully saturated rings. The number of nitrogens with one attached hydrogen (secondary N) is 3. The number of phenols is 1. The SMILES string of the molecule is C[C@@H](NC(=O)[C@@H](CCCNC(=O)OCc1ccccc1)NC(=O)C(c1ccccc1)c1ccccc1)c1ccc(O)cc1. The number of aromatic hydroxyl groups is 1. The van der Waals surface area contributed by atoms with Crippen LogP contribution in [0.4, 0.5) is 4.79 Å². The van der Waals surface area contributed by atoms with E-state index in [1.165, 1.54) is 0 Å². The molecule has 0 unspecified atom stereocenters. The van der Waals surface area contributed by atoms with Gasteiger partial charge < -0.3 is 25.8 Å². The third-order valence-corrected chi connectivity index (χ3v) is 7.06. The second-order valence-electron chi connectivity index (χ2n) is 10.3. The highest BCUT2D eigenvalue weighted by Crippen LogP contribution is 2.25. The number of benzene rings is 4. The fraction of sp³-hybridized carbons (Fsp3) is 0.229. The number of alkyl carbamates (subject to hydrolysis) is 1. The van der Waals surface area contributed by atoms with Crippen molar-refractivity contribution >= 4 is 17.9 Å². The van der Waals surface area contributed by atoms with Crippen LogP contribution < -0.4 is 16.0 Å². The molecule has 2 atom stereocenters. The molecular weight excluding hydrogens is 542 g/mol. The normalized spacial score (nSPS) is 12.1. The third-order valence-electron chi connectivity index (χ3n) is 7.06. The molecule has 0 aliphatic carbocycles. The van der Waals surface area contributed by atoms with Gasteiger partial charge in [0.05, 0.1) is 12.0 Å². The minimum absolute atomic E-state index is 0.134. The van der Waals surface area contributed by atoms with E-state index in [0.29, 0.717) is 6.42 Å². The van der Waals surface area contributed by atoms with E-state index in [4.69, 9.17) is 4.74 Å². The van der Waals surface area contributed by atoms with Gasteiger partial charge in [0.1, 0.15) is 18.4 Å². The van der Waals surface area contributed by atoms with Crippen molar-refractivity contribution in [2.24, 2.45) is 0 Å². The molecular formula is C35H37N3O5. The van der Waals surface area contributed by atoms with Crippen molar-refractivity contribution in [3.8, 4) is 5.75 Å². The molecule has 8 heteroatoms. The van der Waals surface area contributed by atoms with E-state index < -0.39 is 18.1 Å². The van der Waals surface area contributed by atoms with E-state index >= 15 is 0 Å². The van der Waals surface area contributed by atoms with Gasteiger partial charge in [0.2, 0.25) is 11.8 Å². The number of carbonyl (C=O) groups excluding carboxylic acids is 3. The van der Waals surface area contributed by atoms with Gasteiger partial charge in [0.15, 0.2) is 0 Å². The molecule has 4 aromatic carbocycles. The Balaban J connectivity index is 1.43. The highest BCUT2D eigenvalue weighted by molar-refractivity contribution is 5.92. The fourth-order valence-corrected chi connectivity index (χ4v) is 4.74. The first-order chi connectivity index (χ1) is 20.9. The van der Waals surface area contributed by atoms with Gasteiger partial charge in [0.25, 0.3) is 0 Å². The molecule has 0 heterocycles. The molecule has 43 heavy (non-hydrogen) atoms. The Bertz CT molecular complexity index is 1410. The van der Waals surface area contributed by atoms with Crippen molar-refractivity contribution < 1.29 is 24.2 Å². The highest BCUT2D eigenvalue weighted by atomic mass is 16.5. The summed E-state index contributed by atoms with van der Waals surface area (Å²) in [5.74, 6) is -1.13. The lowest BCUT2D eigenvalue weighted by Gasteiger charge is -2.25. The molecule has 4 rings (SSSR count). The summed E-state index contributed by atoms with van der Waals surface area (Å²) in [6.45, 7) is 2.26. The van der Waals surface area contributed by atoms with Crippen molar-refractivity contribution in [1.82, 2.24) is 16.0 Å². The fourth-order valence-electron chi connectivity index (χ4n) is 4.74. The summed E-state index contributed by atoms with van der Waals surface area (Å²) in [7, 11) is 0. The molecule has 8 nitrogen and oxygen atoms in total. The van der Waals surface area contributed by atoms with Crippen LogP contribution in [0.3, 0.4) is 0 Å². The lowest BCUT2D eigenvalue weighted by Crippen LogP contribution is -2.49. The van der Waals surface area contributed by atoms with Gasteiger partial charge in [0, 0.05) is 6.54 Å². The second-order valence-corrected chi connectivity index (χ2v) is 10.3. The van der Waals surface area contributed by atoms with Gasteiger partial charge in [-0.15, -0.1) is 0 Å². The van der Waals surface area contributed by atoms with Crippen molar-refractivity contribution in [2.45, 2.75) is 44.4 Å². The minimum atomic E-state index is -0.857. The molecule has 0 radical (unpaired) electrons. The molecule has 0 aromatic heterocycles. The zero-order chi connectivity index (χ0) is 30.4. The van der Waals surface area contributed by atoms with Crippen LogP contribution >= 0.6 is 0 Å². The van der Waals surface area contributed by atoms with Gasteiger partial charge >= 0.3 is 6.09 Å². The number of hydrogen-bond donors (Lipinski definition) is 4. The monoisotopic (exact) mass is 579 g/mol. The molecule has 0 saturated carbocycles. The Labute approximate surface area is 252 Å². The first kappa shape index (κ1) is 30.8. The van der Waals surface area contributed by atoms with Crippen LogP contribution in [0.5, 0.6) is 5.75 Å². The van der Waals surface area contributed by atoms with Gasteiger partial charge in [-0.3, -0.25) is 9.59 Å². The summed E-state index contributed by atoms with van der Waals surface area (Å²) in [5, 5.41) is 18.3. The quantitative estimate of drug-likeness (QED) is 0.154. The van der Waals surface area contributed by atoms with Crippen molar-refractivity contribution in [3.63, 3.8) is 0 Å². The van der Waals surface area contributed by atoms with Crippen LogP contribution in [0.1, 0.15) is 54.0 Å². The first-order valence-corrected chi connectivity index (χ1v) is 14.3. The molecule has 0 aliphatic heterocycles. The number of phenolic OH excluding ortho intramolecular Hbond substituents is 1. The Morgan fingerprint density at radius 2 is 1.26 bits per heavy atom. The van der Waals surface area contributed by atoms with Crippen LogP contribution in [0.2, 0.25) is 0 Å². The number of ether oxygens (including phenoxy) is 1. The average Bonchev–Trinajstić information content (AvgIpc) is 3.03. The van der Waals surface area contributed by atoms with E-state index in [0.717, 1.165) is 22.3 Å². The number of rotatable bonds is 13. The molecule has 0 spiro atoms. The summed E-state index contributed by atoms with van der Waals surface area (Å²) in [5.41, 5.74) is 3.31. The molecule has 222 valence electrons. The highest BCUT2D eigenvalue weighted by Gasteiger charge is 2.28. The predicted octanol–water partition coefficient (Wildman–Crippen LogP) is 5.59. The third kappa shape index (κ3) is 9.46. The molecule has 0 saturated heterocycles. The molecule has 4 N–H and O–H groups in total. The van der Waals surface area contributed by atoms with Crippen molar-refractivity contribution in [2.75, 3.05) is 6.54 Å². The average molecular weight is 580 g/mol. The summed E-state index contributed by atoms with van der Waals surface area (Å²) in [4.78, 5) is 39.5. The Hall–Kier alpha value is -5.11. The van der Waals surface area contributed by atoms with Crippen LogP contribution in [0, 0.1) is 0 Å². The molecule has 4 aromatic rings.